The first-order valence-electron chi connectivity index (χ1n) is 14.4. The lowest BCUT2D eigenvalue weighted by molar-refractivity contribution is -0.126. The molecule has 0 aliphatic carbocycles. The first-order chi connectivity index (χ1) is 19.7. The molecule has 3 aromatic rings. The van der Waals surface area contributed by atoms with Crippen molar-refractivity contribution in [1.82, 2.24) is 24.3 Å². The molecule has 4 heterocycles. The van der Waals surface area contributed by atoms with Gasteiger partial charge in [0.2, 0.25) is 11.9 Å². The normalized spacial score (nSPS) is 19.9. The van der Waals surface area contributed by atoms with Crippen molar-refractivity contribution in [3.05, 3.63) is 65.0 Å². The average molecular weight is 560 g/mol. The highest BCUT2D eigenvalue weighted by Crippen LogP contribution is 2.34. The van der Waals surface area contributed by atoms with Gasteiger partial charge in [0, 0.05) is 56.8 Å². The number of fused-ring (bicyclic) bond motifs is 1. The van der Waals surface area contributed by atoms with Crippen LogP contribution in [0.1, 0.15) is 64.6 Å². The van der Waals surface area contributed by atoms with Gasteiger partial charge < -0.3 is 14.2 Å². The Morgan fingerprint density at radius 3 is 2.51 bits per heavy atom. The number of imidazole rings is 1. The van der Waals surface area contributed by atoms with Gasteiger partial charge in [-0.3, -0.25) is 19.5 Å². The second-order valence-electron chi connectivity index (χ2n) is 11.4. The van der Waals surface area contributed by atoms with Gasteiger partial charge in [-0.2, -0.15) is 0 Å². The molecule has 2 N–H and O–H groups in total. The Bertz CT molecular complexity index is 1450. The van der Waals surface area contributed by atoms with E-state index >= 15 is 0 Å². The molecule has 10 heteroatoms. The van der Waals surface area contributed by atoms with E-state index in [0.29, 0.717) is 24.6 Å². The highest BCUT2D eigenvalue weighted by molar-refractivity contribution is 6.05. The summed E-state index contributed by atoms with van der Waals surface area (Å²) in [5.74, 6) is 6.53. The second kappa shape index (κ2) is 12.1. The highest BCUT2D eigenvalue weighted by atomic mass is 16.5. The van der Waals surface area contributed by atoms with E-state index in [2.05, 4.69) is 40.1 Å². The number of amides is 2. The van der Waals surface area contributed by atoms with Crippen molar-refractivity contribution in [3.8, 4) is 0 Å². The number of hydrogen-bond acceptors (Lipinski definition) is 7. The first kappa shape index (κ1) is 28.9. The van der Waals surface area contributed by atoms with E-state index in [0.717, 1.165) is 83.9 Å². The lowest BCUT2D eigenvalue weighted by Gasteiger charge is -2.28. The summed E-state index contributed by atoms with van der Waals surface area (Å²) in [5, 5.41) is 1.15. The number of nitrogens with zero attached hydrogens (tertiary/aromatic N) is 6. The number of aryl methyl sites for hydroxylation is 3. The summed E-state index contributed by atoms with van der Waals surface area (Å²) < 4.78 is 7.64. The van der Waals surface area contributed by atoms with Gasteiger partial charge in [-0.1, -0.05) is 12.6 Å². The molecule has 2 amide bonds. The Morgan fingerprint density at radius 2 is 1.83 bits per heavy atom. The van der Waals surface area contributed by atoms with E-state index in [1.54, 1.807) is 19.2 Å². The maximum Gasteiger partial charge on any atom is 0.275 e. The lowest BCUT2D eigenvalue weighted by atomic mass is 10.1. The van der Waals surface area contributed by atoms with Gasteiger partial charge >= 0.3 is 0 Å². The summed E-state index contributed by atoms with van der Waals surface area (Å²) in [7, 11) is 1.77. The third-order valence-corrected chi connectivity index (χ3v) is 8.25. The van der Waals surface area contributed by atoms with Crippen molar-refractivity contribution in [1.29, 1.82) is 0 Å². The number of carbonyl (C=O) groups is 2. The van der Waals surface area contributed by atoms with E-state index < -0.39 is 0 Å². The molecule has 2 fully saturated rings. The van der Waals surface area contributed by atoms with Crippen molar-refractivity contribution in [2.75, 3.05) is 38.3 Å². The van der Waals surface area contributed by atoms with Gasteiger partial charge in [0.25, 0.3) is 5.91 Å². The number of hydrazine groups is 1. The summed E-state index contributed by atoms with van der Waals surface area (Å²) in [5.41, 5.74) is 5.88. The molecule has 0 saturated carbocycles. The fourth-order valence-corrected chi connectivity index (χ4v) is 6.34. The van der Waals surface area contributed by atoms with Gasteiger partial charge in [0.15, 0.2) is 0 Å². The predicted molar refractivity (Wildman–Crippen MR) is 160 cm³/mol. The fourth-order valence-electron chi connectivity index (χ4n) is 6.34. The number of rotatable bonds is 7. The number of nitrogens with two attached hydrogens (primary N) is 1. The summed E-state index contributed by atoms with van der Waals surface area (Å²) in [6.07, 6.45) is 5.34. The van der Waals surface area contributed by atoms with E-state index in [1.807, 2.05) is 18.7 Å². The Morgan fingerprint density at radius 1 is 1.07 bits per heavy atom. The molecule has 1 aromatic carbocycles. The number of benzene rings is 1. The summed E-state index contributed by atoms with van der Waals surface area (Å²) >= 11 is 0. The number of methoxy groups -OCH3 is 1. The van der Waals surface area contributed by atoms with Crippen molar-refractivity contribution in [2.45, 2.75) is 65.1 Å². The van der Waals surface area contributed by atoms with Crippen LogP contribution in [0.5, 0.6) is 0 Å². The molecular weight excluding hydrogens is 518 g/mol. The Hall–Kier alpha value is -3.60. The fraction of sp³-hybridized carbons (Fsp3) is 0.484. The molecule has 0 spiro atoms. The molecule has 10 nitrogen and oxygen atoms in total. The van der Waals surface area contributed by atoms with Crippen LogP contribution in [0.2, 0.25) is 0 Å². The van der Waals surface area contributed by atoms with E-state index in [1.165, 1.54) is 6.08 Å². The zero-order chi connectivity index (χ0) is 29.3. The van der Waals surface area contributed by atoms with Crippen LogP contribution in [0, 0.1) is 20.8 Å². The van der Waals surface area contributed by atoms with Crippen molar-refractivity contribution in [2.24, 2.45) is 5.84 Å². The van der Waals surface area contributed by atoms with E-state index in [4.69, 9.17) is 15.6 Å². The number of likely N-dealkylation sites (tertiary alicyclic amines) is 2. The summed E-state index contributed by atoms with van der Waals surface area (Å²) in [6.45, 7) is 13.3. The monoisotopic (exact) mass is 559 g/mol. The number of carbonyl (C=O) groups excluding carboxylic acids is 2. The van der Waals surface area contributed by atoms with E-state index in [9.17, 15) is 9.59 Å². The van der Waals surface area contributed by atoms with Crippen LogP contribution < -0.4 is 10.9 Å². The third-order valence-electron chi connectivity index (χ3n) is 8.25. The zero-order valence-corrected chi connectivity index (χ0v) is 24.6. The van der Waals surface area contributed by atoms with Crippen LogP contribution in [-0.2, 0) is 16.1 Å². The van der Waals surface area contributed by atoms with Crippen molar-refractivity contribution >= 4 is 28.8 Å². The molecule has 0 radical (unpaired) electrons. The SMILES string of the molecule is C=CC(=O)N1CCCC[C@@H](n2c(N(N)C(=O)c3cc(C)nc(C)c3)nc3cc(CN4CC[C@@H](OC)C4)cc(C)c32)C1. The molecular formula is C31H41N7O3. The summed E-state index contributed by atoms with van der Waals surface area (Å²) in [4.78, 5) is 40.0. The van der Waals surface area contributed by atoms with Gasteiger partial charge in [-0.05, 0) is 81.9 Å². The maximum atomic E-state index is 13.7. The molecule has 2 aliphatic rings. The van der Waals surface area contributed by atoms with Gasteiger partial charge in [0.05, 0.1) is 23.2 Å². The standard InChI is InChI=1S/C31H41N7O3/c1-6-28(39)36-11-8-7-9-25(18-36)37-29-20(2)13-23(17-35-12-10-26(19-35)41-5)16-27(29)34-31(37)38(32)30(40)24-14-21(3)33-22(4)15-24/h6,13-16,25-26H,1,7-12,17-19,32H2,2-5H3/t25-,26-/m1/s1. The number of anilines is 1. The van der Waals surface area contributed by atoms with Crippen LogP contribution in [-0.4, -0.2) is 75.5 Å². The Kier molecular flexibility index (Phi) is 8.53. The molecule has 0 unspecified atom stereocenters. The van der Waals surface area contributed by atoms with Gasteiger partial charge in [-0.15, -0.1) is 0 Å². The molecule has 2 saturated heterocycles. The van der Waals surface area contributed by atoms with Crippen LogP contribution in [0.3, 0.4) is 0 Å². The zero-order valence-electron chi connectivity index (χ0n) is 24.6. The topological polar surface area (TPSA) is 110 Å². The van der Waals surface area contributed by atoms with Crippen molar-refractivity contribution in [3.63, 3.8) is 0 Å². The first-order valence-corrected chi connectivity index (χ1v) is 14.4. The van der Waals surface area contributed by atoms with Gasteiger partial charge in [-0.25, -0.2) is 15.8 Å². The highest BCUT2D eigenvalue weighted by Gasteiger charge is 2.30. The molecule has 41 heavy (non-hydrogen) atoms. The minimum atomic E-state index is -0.358. The number of pyridine rings is 1. The van der Waals surface area contributed by atoms with Crippen molar-refractivity contribution < 1.29 is 14.3 Å². The minimum Gasteiger partial charge on any atom is -0.380 e. The number of hydrogen-bond donors (Lipinski definition) is 1. The van der Waals surface area contributed by atoms with Crippen LogP contribution in [0.4, 0.5) is 5.95 Å². The third kappa shape index (κ3) is 6.05. The minimum absolute atomic E-state index is 0.0923. The summed E-state index contributed by atoms with van der Waals surface area (Å²) in [6, 6.07) is 7.68. The molecule has 2 aromatic heterocycles. The average Bonchev–Trinajstić information content (AvgIpc) is 3.48. The molecule has 5 rings (SSSR count). The number of aromatic nitrogens is 3. The molecule has 0 bridgehead atoms. The van der Waals surface area contributed by atoms with Crippen LogP contribution >= 0.6 is 0 Å². The van der Waals surface area contributed by atoms with E-state index in [-0.39, 0.29) is 24.0 Å². The lowest BCUT2D eigenvalue weighted by Crippen LogP contribution is -2.41. The molecule has 218 valence electrons. The van der Waals surface area contributed by atoms with Gasteiger partial charge in [0.1, 0.15) is 0 Å². The molecule has 2 aliphatic heterocycles. The van der Waals surface area contributed by atoms with Crippen LogP contribution in [0.15, 0.2) is 36.9 Å². The smallest absolute Gasteiger partial charge is 0.275 e. The largest absolute Gasteiger partial charge is 0.380 e. The number of ether oxygens (including phenoxy) is 1. The Labute approximate surface area is 241 Å². The second-order valence-corrected chi connectivity index (χ2v) is 11.4. The maximum absolute atomic E-state index is 13.7. The quantitative estimate of drug-likeness (QED) is 0.203. The Balaban J connectivity index is 1.59. The predicted octanol–water partition coefficient (Wildman–Crippen LogP) is 3.84. The molecule has 2 atom stereocenters. The van der Waals surface area contributed by atoms with Crippen LogP contribution in [0.25, 0.3) is 11.0 Å².